The molecule has 1 aromatic carbocycles. The van der Waals surface area contributed by atoms with E-state index in [1.165, 1.54) is 0 Å². The minimum absolute atomic E-state index is 0.352. The van der Waals surface area contributed by atoms with Gasteiger partial charge in [-0.1, -0.05) is 11.8 Å². The Kier molecular flexibility index (Phi) is 5.42. The van der Waals surface area contributed by atoms with Crippen LogP contribution in [0.3, 0.4) is 0 Å². The van der Waals surface area contributed by atoms with Crippen LogP contribution in [0.4, 0.5) is 0 Å². The van der Waals surface area contributed by atoms with Gasteiger partial charge in [-0.15, -0.1) is 11.8 Å². The van der Waals surface area contributed by atoms with Crippen LogP contribution in [-0.2, 0) is 5.75 Å². The van der Waals surface area contributed by atoms with Crippen LogP contribution in [0.1, 0.15) is 11.1 Å². The molecule has 0 radical (unpaired) electrons. The van der Waals surface area contributed by atoms with Crippen LogP contribution in [0.25, 0.3) is 0 Å². The van der Waals surface area contributed by atoms with Crippen molar-refractivity contribution in [3.05, 3.63) is 47.9 Å². The molecule has 2 aromatic rings. The second kappa shape index (κ2) is 7.53. The quantitative estimate of drug-likeness (QED) is 0.529. The molecule has 0 saturated heterocycles. The minimum Gasteiger partial charge on any atom is -0.497 e. The molecule has 0 bridgehead atoms. The number of benzene rings is 1. The fraction of sp³-hybridized carbons (Fsp3) is 0.200. The first-order valence-corrected chi connectivity index (χ1v) is 7.06. The summed E-state index contributed by atoms with van der Waals surface area (Å²) in [5, 5.41) is 0.931. The van der Waals surface area contributed by atoms with Gasteiger partial charge in [-0.2, -0.15) is 0 Å². The van der Waals surface area contributed by atoms with E-state index in [9.17, 15) is 0 Å². The number of rotatable bonds is 4. The Morgan fingerprint density at radius 1 is 1.35 bits per heavy atom. The van der Waals surface area contributed by atoms with Crippen molar-refractivity contribution in [2.24, 2.45) is 5.73 Å². The second-order valence-electron chi connectivity index (χ2n) is 3.87. The van der Waals surface area contributed by atoms with Crippen LogP contribution >= 0.6 is 11.8 Å². The molecular formula is C15H15N3OS. The summed E-state index contributed by atoms with van der Waals surface area (Å²) in [5.41, 5.74) is 7.50. The number of thioether (sulfide) groups is 1. The molecule has 5 heteroatoms. The van der Waals surface area contributed by atoms with E-state index in [4.69, 9.17) is 10.5 Å². The van der Waals surface area contributed by atoms with Crippen molar-refractivity contribution in [2.75, 3.05) is 13.7 Å². The zero-order valence-corrected chi connectivity index (χ0v) is 12.0. The molecule has 1 aromatic heterocycles. The van der Waals surface area contributed by atoms with E-state index in [1.54, 1.807) is 31.4 Å². The van der Waals surface area contributed by atoms with Crippen LogP contribution in [0.2, 0.25) is 0 Å². The lowest BCUT2D eigenvalue weighted by atomic mass is 10.1. The van der Waals surface area contributed by atoms with Crippen LogP contribution in [0.15, 0.2) is 41.8 Å². The maximum atomic E-state index is 5.43. The highest BCUT2D eigenvalue weighted by atomic mass is 32.2. The van der Waals surface area contributed by atoms with Crippen LogP contribution in [0, 0.1) is 11.8 Å². The average molecular weight is 285 g/mol. The third-order valence-corrected chi connectivity index (χ3v) is 3.56. The number of aromatic nitrogens is 2. The smallest absolute Gasteiger partial charge is 0.119 e. The van der Waals surface area contributed by atoms with Gasteiger partial charge >= 0.3 is 0 Å². The summed E-state index contributed by atoms with van der Waals surface area (Å²) in [7, 11) is 1.65. The molecule has 0 fully saturated rings. The zero-order chi connectivity index (χ0) is 14.2. The summed E-state index contributed by atoms with van der Waals surface area (Å²) in [5.74, 6) is 7.55. The molecule has 20 heavy (non-hydrogen) atoms. The molecule has 0 unspecified atom stereocenters. The number of methoxy groups -OCH3 is 1. The molecular weight excluding hydrogens is 270 g/mol. The minimum atomic E-state index is 0.352. The lowest BCUT2D eigenvalue weighted by Crippen LogP contribution is -1.95. The number of nitrogens with two attached hydrogens (primary N) is 1. The molecule has 0 saturated carbocycles. The molecule has 2 N–H and O–H groups in total. The van der Waals surface area contributed by atoms with Crippen LogP contribution in [-0.4, -0.2) is 23.6 Å². The van der Waals surface area contributed by atoms with E-state index in [0.717, 1.165) is 27.7 Å². The van der Waals surface area contributed by atoms with Crippen molar-refractivity contribution in [3.63, 3.8) is 0 Å². The largest absolute Gasteiger partial charge is 0.497 e. The van der Waals surface area contributed by atoms with Gasteiger partial charge < -0.3 is 10.5 Å². The molecule has 2 rings (SSSR count). The van der Waals surface area contributed by atoms with Gasteiger partial charge in [0.15, 0.2) is 0 Å². The fourth-order valence-corrected chi connectivity index (χ4v) is 2.42. The molecule has 0 aliphatic heterocycles. The van der Waals surface area contributed by atoms with E-state index < -0.39 is 0 Å². The molecule has 0 spiro atoms. The van der Waals surface area contributed by atoms with E-state index in [0.29, 0.717) is 6.54 Å². The Morgan fingerprint density at radius 2 is 2.25 bits per heavy atom. The third kappa shape index (κ3) is 3.98. The van der Waals surface area contributed by atoms with Gasteiger partial charge in [-0.3, -0.25) is 0 Å². The lowest BCUT2D eigenvalue weighted by Gasteiger charge is -2.07. The first kappa shape index (κ1) is 14.4. The summed E-state index contributed by atoms with van der Waals surface area (Å²) < 4.78 is 5.26. The highest BCUT2D eigenvalue weighted by Gasteiger charge is 2.04. The summed E-state index contributed by atoms with van der Waals surface area (Å²) in [4.78, 5) is 8.10. The topological polar surface area (TPSA) is 61.0 Å². The monoisotopic (exact) mass is 285 g/mol. The van der Waals surface area contributed by atoms with Gasteiger partial charge in [0, 0.05) is 17.5 Å². The van der Waals surface area contributed by atoms with Crippen LogP contribution < -0.4 is 10.5 Å². The average Bonchev–Trinajstić information content (AvgIpc) is 2.52. The molecule has 0 amide bonds. The maximum Gasteiger partial charge on any atom is 0.119 e. The number of ether oxygens (including phenoxy) is 1. The summed E-state index contributed by atoms with van der Waals surface area (Å²) >= 11 is 1.63. The van der Waals surface area contributed by atoms with Crippen molar-refractivity contribution in [1.82, 2.24) is 9.97 Å². The van der Waals surface area contributed by atoms with Gasteiger partial charge in [0.25, 0.3) is 0 Å². The number of nitrogens with zero attached hydrogens (tertiary/aromatic N) is 2. The Labute approximate surface area is 122 Å². The second-order valence-corrected chi connectivity index (χ2v) is 4.86. The maximum absolute atomic E-state index is 5.43. The normalized spacial score (nSPS) is 9.70. The molecule has 4 nitrogen and oxygen atoms in total. The van der Waals surface area contributed by atoms with Gasteiger partial charge in [0.05, 0.1) is 18.7 Å². The van der Waals surface area contributed by atoms with Gasteiger partial charge in [0.2, 0.25) is 0 Å². The predicted molar refractivity (Wildman–Crippen MR) is 80.5 cm³/mol. The highest BCUT2D eigenvalue weighted by molar-refractivity contribution is 7.98. The Bertz CT molecular complexity index is 620. The van der Waals surface area contributed by atoms with Crippen molar-refractivity contribution in [3.8, 4) is 17.6 Å². The first-order valence-electron chi connectivity index (χ1n) is 6.08. The van der Waals surface area contributed by atoms with Crippen molar-refractivity contribution in [1.29, 1.82) is 0 Å². The highest BCUT2D eigenvalue weighted by Crippen LogP contribution is 2.25. The Balaban J connectivity index is 2.19. The molecule has 102 valence electrons. The number of hydrogen-bond acceptors (Lipinski definition) is 5. The van der Waals surface area contributed by atoms with Gasteiger partial charge in [-0.25, -0.2) is 9.97 Å². The lowest BCUT2D eigenvalue weighted by molar-refractivity contribution is 0.414. The Hall–Kier alpha value is -2.03. The van der Waals surface area contributed by atoms with Crippen molar-refractivity contribution < 1.29 is 4.74 Å². The van der Waals surface area contributed by atoms with Gasteiger partial charge in [0.1, 0.15) is 12.1 Å². The molecule has 0 aliphatic carbocycles. The van der Waals surface area contributed by atoms with E-state index in [2.05, 4.69) is 21.8 Å². The van der Waals surface area contributed by atoms with Crippen molar-refractivity contribution in [2.45, 2.75) is 10.8 Å². The molecule has 0 aliphatic rings. The van der Waals surface area contributed by atoms with E-state index in [1.807, 2.05) is 24.3 Å². The van der Waals surface area contributed by atoms with Crippen molar-refractivity contribution >= 4 is 11.8 Å². The fourth-order valence-electron chi connectivity index (χ4n) is 1.60. The summed E-state index contributed by atoms with van der Waals surface area (Å²) in [6, 6.07) is 7.74. The molecule has 0 atom stereocenters. The van der Waals surface area contributed by atoms with Gasteiger partial charge in [-0.05, 0) is 29.8 Å². The first-order chi connectivity index (χ1) is 9.83. The summed E-state index contributed by atoms with van der Waals surface area (Å²) in [6.07, 6.45) is 3.28. The number of hydrogen-bond donors (Lipinski definition) is 1. The standard InChI is InChI=1S/C15H15N3OS/c1-19-14-5-4-12(3-2-7-16)13(9-14)10-20-15-6-8-17-11-18-15/h4-6,8-9,11H,7,10,16H2,1H3. The summed E-state index contributed by atoms with van der Waals surface area (Å²) in [6.45, 7) is 0.352. The SMILES string of the molecule is COc1ccc(C#CCN)c(CSc2ccncn2)c1. The predicted octanol–water partition coefficient (Wildman–Crippen LogP) is 2.09. The van der Waals surface area contributed by atoms with Crippen LogP contribution in [0.5, 0.6) is 5.75 Å². The molecule has 1 heterocycles. The zero-order valence-electron chi connectivity index (χ0n) is 11.2. The van der Waals surface area contributed by atoms with E-state index in [-0.39, 0.29) is 0 Å². The third-order valence-electron chi connectivity index (χ3n) is 2.57. The van der Waals surface area contributed by atoms with E-state index >= 15 is 0 Å². The Morgan fingerprint density at radius 3 is 2.95 bits per heavy atom.